The number of nitrogens with zero attached hydrogens (tertiary/aromatic N) is 2. The fourth-order valence-electron chi connectivity index (χ4n) is 4.73. The minimum atomic E-state index is 0.0826. The summed E-state index contributed by atoms with van der Waals surface area (Å²) >= 11 is 0. The number of likely N-dealkylation sites (N-methyl/N-ethyl adjacent to an activating group) is 1. The van der Waals surface area contributed by atoms with Crippen LogP contribution in [0.4, 0.5) is 0 Å². The number of hydrogen-bond acceptors (Lipinski definition) is 3. The molecule has 0 bridgehead atoms. The molecule has 0 N–H and O–H groups in total. The third kappa shape index (κ3) is 4.11. The number of fused-ring (bicyclic) bond motifs is 1. The number of rotatable bonds is 5. The molecule has 1 saturated heterocycles. The van der Waals surface area contributed by atoms with Gasteiger partial charge in [-0.05, 0) is 61.7 Å². The second kappa shape index (κ2) is 8.30. The first-order chi connectivity index (χ1) is 13.2. The van der Waals surface area contributed by atoms with Crippen molar-refractivity contribution in [1.29, 1.82) is 0 Å². The van der Waals surface area contributed by atoms with Gasteiger partial charge in [0.1, 0.15) is 5.75 Å². The average molecular weight is 367 g/mol. The van der Waals surface area contributed by atoms with Crippen LogP contribution in [0.3, 0.4) is 0 Å². The lowest BCUT2D eigenvalue weighted by molar-refractivity contribution is -0.136. The Hall–Kier alpha value is -2.07. The number of carbonyl (C=O) groups excluding carboxylic acids is 1. The van der Waals surface area contributed by atoms with Gasteiger partial charge in [0.25, 0.3) is 5.91 Å². The molecule has 2 atom stereocenters. The van der Waals surface area contributed by atoms with E-state index < -0.39 is 0 Å². The van der Waals surface area contributed by atoms with E-state index in [1.165, 1.54) is 50.6 Å². The Morgan fingerprint density at radius 3 is 2.59 bits per heavy atom. The van der Waals surface area contributed by atoms with E-state index >= 15 is 0 Å². The van der Waals surface area contributed by atoms with Crippen LogP contribution in [0.15, 0.2) is 42.5 Å². The third-order valence-electron chi connectivity index (χ3n) is 6.28. The summed E-state index contributed by atoms with van der Waals surface area (Å²) in [5.74, 6) is 0.842. The Bertz CT molecular complexity index is 785. The smallest absolute Gasteiger partial charge is 0.260 e. The first kappa shape index (κ1) is 18.3. The molecule has 1 aliphatic carbocycles. The SMILES string of the molecule is CN(C(=O)COc1ccc2ccccc2c1)[C@H]1CCCC[C@H]1N1CCCC1. The average Bonchev–Trinajstić information content (AvgIpc) is 3.26. The summed E-state index contributed by atoms with van der Waals surface area (Å²) in [6.07, 6.45) is 7.43. The molecule has 0 radical (unpaired) electrons. The second-order valence-electron chi connectivity index (χ2n) is 7.96. The first-order valence-corrected chi connectivity index (χ1v) is 10.3. The predicted molar refractivity (Wildman–Crippen MR) is 109 cm³/mol. The number of benzene rings is 2. The van der Waals surface area contributed by atoms with Gasteiger partial charge in [0.05, 0.1) is 0 Å². The summed E-state index contributed by atoms with van der Waals surface area (Å²) in [6.45, 7) is 2.49. The van der Waals surface area contributed by atoms with Crippen LogP contribution in [0.5, 0.6) is 5.75 Å². The monoisotopic (exact) mass is 366 g/mol. The van der Waals surface area contributed by atoms with Crippen molar-refractivity contribution in [3.05, 3.63) is 42.5 Å². The number of hydrogen-bond donors (Lipinski definition) is 0. The van der Waals surface area contributed by atoms with Crippen molar-refractivity contribution >= 4 is 16.7 Å². The maximum Gasteiger partial charge on any atom is 0.260 e. The highest BCUT2D eigenvalue weighted by molar-refractivity contribution is 5.84. The van der Waals surface area contributed by atoms with Crippen molar-refractivity contribution in [2.75, 3.05) is 26.7 Å². The number of likely N-dealkylation sites (tertiary alicyclic amines) is 1. The minimum Gasteiger partial charge on any atom is -0.484 e. The molecule has 1 heterocycles. The van der Waals surface area contributed by atoms with E-state index in [-0.39, 0.29) is 12.5 Å². The van der Waals surface area contributed by atoms with E-state index in [1.807, 2.05) is 42.3 Å². The Morgan fingerprint density at radius 1 is 1.04 bits per heavy atom. The van der Waals surface area contributed by atoms with Gasteiger partial charge in [0, 0.05) is 19.1 Å². The molecule has 1 amide bonds. The minimum absolute atomic E-state index is 0.0826. The molecular formula is C23H30N2O2. The van der Waals surface area contributed by atoms with Crippen molar-refractivity contribution < 1.29 is 9.53 Å². The van der Waals surface area contributed by atoms with E-state index in [4.69, 9.17) is 4.74 Å². The van der Waals surface area contributed by atoms with Gasteiger partial charge in [-0.2, -0.15) is 0 Å². The van der Waals surface area contributed by atoms with Crippen LogP contribution in [-0.4, -0.2) is 54.5 Å². The highest BCUT2D eigenvalue weighted by atomic mass is 16.5. The zero-order valence-electron chi connectivity index (χ0n) is 16.3. The quantitative estimate of drug-likeness (QED) is 0.799. The molecule has 27 heavy (non-hydrogen) atoms. The van der Waals surface area contributed by atoms with Crippen LogP contribution in [-0.2, 0) is 4.79 Å². The molecule has 0 spiro atoms. The van der Waals surface area contributed by atoms with Gasteiger partial charge in [-0.15, -0.1) is 0 Å². The zero-order chi connectivity index (χ0) is 18.6. The van der Waals surface area contributed by atoms with Crippen molar-refractivity contribution in [2.24, 2.45) is 0 Å². The number of ether oxygens (including phenoxy) is 1. The van der Waals surface area contributed by atoms with E-state index in [2.05, 4.69) is 17.0 Å². The fourth-order valence-corrected chi connectivity index (χ4v) is 4.73. The predicted octanol–water partition coefficient (Wildman–Crippen LogP) is 4.08. The van der Waals surface area contributed by atoms with Crippen LogP contribution in [0, 0.1) is 0 Å². The second-order valence-corrected chi connectivity index (χ2v) is 7.96. The topological polar surface area (TPSA) is 32.8 Å². The Kier molecular flexibility index (Phi) is 5.63. The molecule has 4 heteroatoms. The van der Waals surface area contributed by atoms with Crippen LogP contribution >= 0.6 is 0 Å². The largest absolute Gasteiger partial charge is 0.484 e. The molecule has 2 aromatic rings. The summed E-state index contributed by atoms with van der Waals surface area (Å²) in [5.41, 5.74) is 0. The first-order valence-electron chi connectivity index (χ1n) is 10.3. The molecule has 2 aromatic carbocycles. The normalized spacial score (nSPS) is 23.4. The summed E-state index contributed by atoms with van der Waals surface area (Å²) in [7, 11) is 1.96. The molecule has 4 nitrogen and oxygen atoms in total. The fraction of sp³-hybridized carbons (Fsp3) is 0.522. The lowest BCUT2D eigenvalue weighted by Crippen LogP contribution is -2.53. The standard InChI is InChI=1S/C23H30N2O2/c1-24(21-10-4-5-11-22(21)25-14-6-7-15-25)23(26)17-27-20-13-12-18-8-2-3-9-19(18)16-20/h2-3,8-9,12-13,16,21-22H,4-7,10-11,14-15,17H2,1H3/t21-,22+/m0/s1. The van der Waals surface area contributed by atoms with Crippen molar-refractivity contribution in [3.63, 3.8) is 0 Å². The maximum atomic E-state index is 12.8. The molecule has 1 aliphatic heterocycles. The highest BCUT2D eigenvalue weighted by Crippen LogP contribution is 2.29. The summed E-state index contributed by atoms with van der Waals surface area (Å²) < 4.78 is 5.84. The number of amides is 1. The van der Waals surface area contributed by atoms with Gasteiger partial charge in [-0.1, -0.05) is 43.2 Å². The van der Waals surface area contributed by atoms with Gasteiger partial charge in [0.2, 0.25) is 0 Å². The van der Waals surface area contributed by atoms with Crippen LogP contribution in [0.2, 0.25) is 0 Å². The summed E-state index contributed by atoms with van der Waals surface area (Å²) in [5, 5.41) is 2.32. The van der Waals surface area contributed by atoms with Crippen LogP contribution < -0.4 is 4.74 Å². The van der Waals surface area contributed by atoms with E-state index in [0.29, 0.717) is 12.1 Å². The van der Waals surface area contributed by atoms with Crippen LogP contribution in [0.1, 0.15) is 38.5 Å². The molecule has 144 valence electrons. The molecule has 2 fully saturated rings. The van der Waals surface area contributed by atoms with Gasteiger partial charge < -0.3 is 9.64 Å². The van der Waals surface area contributed by atoms with E-state index in [0.717, 1.165) is 17.6 Å². The summed E-state index contributed by atoms with van der Waals surface area (Å²) in [4.78, 5) is 17.4. The third-order valence-corrected chi connectivity index (χ3v) is 6.28. The molecular weight excluding hydrogens is 336 g/mol. The lowest BCUT2D eigenvalue weighted by atomic mass is 9.88. The summed E-state index contributed by atoms with van der Waals surface area (Å²) in [6, 6.07) is 15.1. The van der Waals surface area contributed by atoms with E-state index in [9.17, 15) is 4.79 Å². The number of carbonyl (C=O) groups is 1. The Balaban J connectivity index is 1.38. The lowest BCUT2D eigenvalue weighted by Gasteiger charge is -2.42. The molecule has 2 aliphatic rings. The maximum absolute atomic E-state index is 12.8. The van der Waals surface area contributed by atoms with Gasteiger partial charge in [-0.25, -0.2) is 0 Å². The van der Waals surface area contributed by atoms with Crippen molar-refractivity contribution in [3.8, 4) is 5.75 Å². The zero-order valence-corrected chi connectivity index (χ0v) is 16.3. The Morgan fingerprint density at radius 2 is 1.78 bits per heavy atom. The van der Waals surface area contributed by atoms with E-state index in [1.54, 1.807) is 0 Å². The van der Waals surface area contributed by atoms with Gasteiger partial charge in [0.15, 0.2) is 6.61 Å². The molecule has 0 aromatic heterocycles. The molecule has 4 rings (SSSR count). The van der Waals surface area contributed by atoms with Gasteiger partial charge >= 0.3 is 0 Å². The Labute approximate surface area is 162 Å². The molecule has 1 saturated carbocycles. The molecule has 0 unspecified atom stereocenters. The highest BCUT2D eigenvalue weighted by Gasteiger charge is 2.35. The van der Waals surface area contributed by atoms with Crippen molar-refractivity contribution in [2.45, 2.75) is 50.6 Å². The van der Waals surface area contributed by atoms with Crippen LogP contribution in [0.25, 0.3) is 10.8 Å². The van der Waals surface area contributed by atoms with Gasteiger partial charge in [-0.3, -0.25) is 9.69 Å². The van der Waals surface area contributed by atoms with Crippen molar-refractivity contribution in [1.82, 2.24) is 9.80 Å².